The zero-order chi connectivity index (χ0) is 12.1. The van der Waals surface area contributed by atoms with E-state index >= 15 is 0 Å². The van der Waals surface area contributed by atoms with Crippen LogP contribution in [0, 0.1) is 0 Å². The van der Waals surface area contributed by atoms with Gasteiger partial charge in [-0.3, -0.25) is 4.79 Å². The number of rotatable bonds is 2. The number of thioether (sulfide) groups is 1. The van der Waals surface area contributed by atoms with Crippen LogP contribution >= 0.6 is 11.8 Å². The topological polar surface area (TPSA) is 66.8 Å². The van der Waals surface area contributed by atoms with Crippen LogP contribution in [-0.4, -0.2) is 44.3 Å². The zero-order valence-corrected chi connectivity index (χ0v) is 10.3. The van der Waals surface area contributed by atoms with Crippen molar-refractivity contribution in [2.45, 2.75) is 49.6 Å². The fourth-order valence-corrected chi connectivity index (χ4v) is 3.81. The van der Waals surface area contributed by atoms with Crippen LogP contribution in [0.4, 0.5) is 0 Å². The maximum Gasteiger partial charge on any atom is 0.332 e. The Morgan fingerprint density at radius 1 is 1.69 bits per heavy atom. The average Bonchev–Trinajstić information content (AvgIpc) is 2.31. The molecule has 2 fully saturated rings. The molecule has 2 aliphatic rings. The minimum atomic E-state index is -1.14. The largest absolute Gasteiger partial charge is 0.435 e. The van der Waals surface area contributed by atoms with Gasteiger partial charge in [0.2, 0.25) is 5.91 Å². The first-order chi connectivity index (χ1) is 7.33. The molecular formula is C10H15NO4S. The fourth-order valence-electron chi connectivity index (χ4n) is 2.19. The molecule has 90 valence electrons. The van der Waals surface area contributed by atoms with Crippen LogP contribution in [0.15, 0.2) is 0 Å². The van der Waals surface area contributed by atoms with E-state index in [0.29, 0.717) is 6.42 Å². The molecule has 3 atom stereocenters. The molecule has 5 nitrogen and oxygen atoms in total. The predicted molar refractivity (Wildman–Crippen MR) is 58.5 cm³/mol. The summed E-state index contributed by atoms with van der Waals surface area (Å²) in [4.78, 5) is 24.8. The van der Waals surface area contributed by atoms with E-state index in [0.717, 1.165) is 0 Å². The number of nitrogens with zero attached hydrogens (tertiary/aromatic N) is 1. The van der Waals surface area contributed by atoms with Crippen LogP contribution < -0.4 is 0 Å². The van der Waals surface area contributed by atoms with Crippen molar-refractivity contribution in [3.05, 3.63) is 0 Å². The molecule has 2 heterocycles. The van der Waals surface area contributed by atoms with Crippen molar-refractivity contribution in [1.82, 2.24) is 4.90 Å². The smallest absolute Gasteiger partial charge is 0.332 e. The second kappa shape index (κ2) is 3.63. The van der Waals surface area contributed by atoms with Crippen molar-refractivity contribution < 1.29 is 19.4 Å². The van der Waals surface area contributed by atoms with Gasteiger partial charge in [0, 0.05) is 4.75 Å². The third-order valence-corrected chi connectivity index (χ3v) is 4.33. The van der Waals surface area contributed by atoms with E-state index < -0.39 is 18.3 Å². The fraction of sp³-hybridized carbons (Fsp3) is 0.800. The molecule has 16 heavy (non-hydrogen) atoms. The van der Waals surface area contributed by atoms with Gasteiger partial charge in [0.25, 0.3) is 0 Å². The summed E-state index contributed by atoms with van der Waals surface area (Å²) in [6.07, 6.45) is -0.643. The van der Waals surface area contributed by atoms with Gasteiger partial charge in [0.15, 0.2) is 6.29 Å². The first kappa shape index (κ1) is 11.7. The molecule has 2 aliphatic heterocycles. The van der Waals surface area contributed by atoms with Crippen molar-refractivity contribution >= 4 is 23.6 Å². The van der Waals surface area contributed by atoms with Gasteiger partial charge >= 0.3 is 5.97 Å². The monoisotopic (exact) mass is 245 g/mol. The molecule has 2 saturated heterocycles. The Hall–Kier alpha value is -0.750. The van der Waals surface area contributed by atoms with Gasteiger partial charge in [-0.2, -0.15) is 0 Å². The minimum Gasteiger partial charge on any atom is -0.435 e. The Kier molecular flexibility index (Phi) is 2.66. The zero-order valence-electron chi connectivity index (χ0n) is 9.47. The summed E-state index contributed by atoms with van der Waals surface area (Å²) >= 11 is 1.61. The van der Waals surface area contributed by atoms with Crippen LogP contribution in [0.5, 0.6) is 0 Å². The lowest BCUT2D eigenvalue weighted by atomic mass is 9.98. The number of amides is 1. The lowest BCUT2D eigenvalue weighted by Gasteiger charge is -2.37. The Labute approximate surface area is 98.1 Å². The van der Waals surface area contributed by atoms with Crippen LogP contribution in [-0.2, 0) is 14.3 Å². The summed E-state index contributed by atoms with van der Waals surface area (Å²) in [5.41, 5.74) is 0. The lowest BCUT2D eigenvalue weighted by Crippen LogP contribution is -2.57. The van der Waals surface area contributed by atoms with E-state index in [9.17, 15) is 9.59 Å². The van der Waals surface area contributed by atoms with Crippen LogP contribution in [0.2, 0.25) is 0 Å². The van der Waals surface area contributed by atoms with E-state index in [2.05, 4.69) is 0 Å². The van der Waals surface area contributed by atoms with Gasteiger partial charge in [-0.1, -0.05) is 0 Å². The summed E-state index contributed by atoms with van der Waals surface area (Å²) in [6, 6.07) is -0.585. The molecule has 0 aromatic rings. The number of hydrogen-bond acceptors (Lipinski definition) is 5. The predicted octanol–water partition coefficient (Wildman–Crippen LogP) is 0.320. The Morgan fingerprint density at radius 2 is 2.31 bits per heavy atom. The third-order valence-electron chi connectivity index (χ3n) is 2.83. The standard InChI is InChI=1S/C10H15NO4S/c1-5(12)15-9(14)8-10(2,3)16-7-4-6(13)11(7)8/h5,7-8,12H,4H2,1-3H3. The first-order valence-corrected chi connectivity index (χ1v) is 6.08. The molecule has 0 aromatic heterocycles. The highest BCUT2D eigenvalue weighted by atomic mass is 32.2. The molecule has 1 N–H and O–H groups in total. The summed E-state index contributed by atoms with van der Waals surface area (Å²) < 4.78 is 4.42. The number of carbonyl (C=O) groups is 2. The molecule has 6 heteroatoms. The molecule has 0 saturated carbocycles. The number of aliphatic hydroxyl groups is 1. The van der Waals surface area contributed by atoms with Crippen molar-refractivity contribution in [2.24, 2.45) is 0 Å². The second-order valence-electron chi connectivity index (χ2n) is 4.62. The number of β-lactam (4-membered cyclic amide) rings is 1. The number of esters is 1. The van der Waals surface area contributed by atoms with Crippen molar-refractivity contribution in [2.75, 3.05) is 0 Å². The lowest BCUT2D eigenvalue weighted by molar-refractivity contribution is -0.177. The minimum absolute atomic E-state index is 0.0179. The molecular weight excluding hydrogens is 230 g/mol. The van der Waals surface area contributed by atoms with Crippen molar-refractivity contribution in [3.8, 4) is 0 Å². The van der Waals surface area contributed by atoms with Crippen LogP contribution in [0.25, 0.3) is 0 Å². The van der Waals surface area contributed by atoms with E-state index in [1.54, 1.807) is 16.7 Å². The van der Waals surface area contributed by atoms with E-state index in [1.165, 1.54) is 6.92 Å². The molecule has 1 amide bonds. The summed E-state index contributed by atoms with van der Waals surface area (Å²) in [5.74, 6) is -0.543. The number of ether oxygens (including phenoxy) is 1. The highest BCUT2D eigenvalue weighted by Gasteiger charge is 2.59. The Balaban J connectivity index is 2.17. The molecule has 3 unspecified atom stereocenters. The van der Waals surface area contributed by atoms with Gasteiger partial charge in [0.05, 0.1) is 11.8 Å². The maximum atomic E-state index is 11.8. The van der Waals surface area contributed by atoms with E-state index in [-0.39, 0.29) is 16.0 Å². The van der Waals surface area contributed by atoms with Crippen LogP contribution in [0.1, 0.15) is 27.2 Å². The number of fused-ring (bicyclic) bond motifs is 1. The second-order valence-corrected chi connectivity index (χ2v) is 6.45. The average molecular weight is 245 g/mol. The molecule has 0 aromatic carbocycles. The highest BCUT2D eigenvalue weighted by Crippen LogP contribution is 2.50. The van der Waals surface area contributed by atoms with E-state index in [1.807, 2.05) is 13.8 Å². The Bertz CT molecular complexity index is 342. The molecule has 0 spiro atoms. The summed E-state index contributed by atoms with van der Waals surface area (Å²) in [7, 11) is 0. The highest BCUT2D eigenvalue weighted by molar-refractivity contribution is 8.01. The van der Waals surface area contributed by atoms with Gasteiger partial charge in [-0.25, -0.2) is 4.79 Å². The molecule has 2 rings (SSSR count). The Morgan fingerprint density at radius 3 is 2.81 bits per heavy atom. The number of aliphatic hydroxyl groups excluding tert-OH is 1. The van der Waals surface area contributed by atoms with Crippen molar-refractivity contribution in [1.29, 1.82) is 0 Å². The SMILES string of the molecule is CC(O)OC(=O)C1N2C(=O)CC2SC1(C)C. The van der Waals surface area contributed by atoms with Gasteiger partial charge in [0.1, 0.15) is 6.04 Å². The normalized spacial score (nSPS) is 33.0. The first-order valence-electron chi connectivity index (χ1n) is 5.20. The van der Waals surface area contributed by atoms with Gasteiger partial charge in [-0.15, -0.1) is 11.8 Å². The van der Waals surface area contributed by atoms with Crippen LogP contribution in [0.3, 0.4) is 0 Å². The summed E-state index contributed by atoms with van der Waals surface area (Å²) in [6.45, 7) is 5.21. The van der Waals surface area contributed by atoms with Gasteiger partial charge in [-0.05, 0) is 20.8 Å². The molecule has 0 bridgehead atoms. The third kappa shape index (κ3) is 1.69. The molecule has 0 aliphatic carbocycles. The van der Waals surface area contributed by atoms with E-state index in [4.69, 9.17) is 9.84 Å². The van der Waals surface area contributed by atoms with Crippen molar-refractivity contribution in [3.63, 3.8) is 0 Å². The maximum absolute atomic E-state index is 11.8. The quantitative estimate of drug-likeness (QED) is 0.431. The molecule has 0 radical (unpaired) electrons. The summed E-state index contributed by atoms with van der Waals surface area (Å²) in [5, 5.41) is 9.13. The number of carbonyl (C=O) groups excluding carboxylic acids is 2. The number of hydrogen-bond donors (Lipinski definition) is 1. The van der Waals surface area contributed by atoms with Gasteiger partial charge < -0.3 is 14.7 Å².